The fourth-order valence-electron chi connectivity index (χ4n) is 3.48. The van der Waals surface area contributed by atoms with E-state index < -0.39 is 11.7 Å². The molecule has 0 aliphatic carbocycles. The van der Waals surface area contributed by atoms with Crippen molar-refractivity contribution >= 4 is 5.97 Å². The van der Waals surface area contributed by atoms with Crippen LogP contribution in [-0.2, 0) is 22.3 Å². The van der Waals surface area contributed by atoms with Crippen molar-refractivity contribution in [3.63, 3.8) is 0 Å². The van der Waals surface area contributed by atoms with Crippen molar-refractivity contribution in [1.82, 2.24) is 0 Å². The molecule has 0 radical (unpaired) electrons. The zero-order chi connectivity index (χ0) is 23.1. The Morgan fingerprint density at radius 3 is 2.22 bits per heavy atom. The number of halogens is 3. The summed E-state index contributed by atoms with van der Waals surface area (Å²) in [4.78, 5) is 11.6. The Morgan fingerprint density at radius 1 is 0.938 bits per heavy atom. The van der Waals surface area contributed by atoms with Crippen LogP contribution in [0.5, 0.6) is 5.75 Å². The van der Waals surface area contributed by atoms with Gasteiger partial charge in [-0.15, -0.1) is 0 Å². The third-order valence-corrected chi connectivity index (χ3v) is 5.36. The summed E-state index contributed by atoms with van der Waals surface area (Å²) >= 11 is 0. The van der Waals surface area contributed by atoms with Gasteiger partial charge in [0.1, 0.15) is 12.4 Å². The molecule has 3 aromatic carbocycles. The Morgan fingerprint density at radius 2 is 1.62 bits per heavy atom. The molecule has 1 atom stereocenters. The second-order valence-corrected chi connectivity index (χ2v) is 7.52. The molecule has 0 amide bonds. The summed E-state index contributed by atoms with van der Waals surface area (Å²) in [7, 11) is 1.39. The van der Waals surface area contributed by atoms with Gasteiger partial charge in [0.2, 0.25) is 0 Å². The van der Waals surface area contributed by atoms with Crippen LogP contribution in [0.2, 0.25) is 0 Å². The van der Waals surface area contributed by atoms with Crippen LogP contribution in [0.15, 0.2) is 72.8 Å². The summed E-state index contributed by atoms with van der Waals surface area (Å²) in [5, 5.41) is 0. The lowest BCUT2D eigenvalue weighted by atomic mass is 9.93. The van der Waals surface area contributed by atoms with E-state index in [1.54, 1.807) is 0 Å². The molecule has 0 heterocycles. The smallest absolute Gasteiger partial charge is 0.416 e. The molecule has 0 aromatic heterocycles. The lowest BCUT2D eigenvalue weighted by Crippen LogP contribution is -2.08. The van der Waals surface area contributed by atoms with Crippen molar-refractivity contribution in [3.8, 4) is 16.9 Å². The number of ether oxygens (including phenoxy) is 2. The Balaban J connectivity index is 1.64. The quantitative estimate of drug-likeness (QED) is 0.352. The molecule has 0 N–H and O–H groups in total. The first-order valence-electron chi connectivity index (χ1n) is 10.4. The number of alkyl halides is 3. The normalized spacial score (nSPS) is 12.3. The van der Waals surface area contributed by atoms with Crippen LogP contribution in [0.3, 0.4) is 0 Å². The number of carbonyl (C=O) groups excluding carboxylic acids is 1. The number of hydrogen-bond donors (Lipinski definition) is 0. The first kappa shape index (κ1) is 23.4. The van der Waals surface area contributed by atoms with Gasteiger partial charge in [0.05, 0.1) is 19.1 Å². The highest BCUT2D eigenvalue weighted by molar-refractivity contribution is 5.70. The van der Waals surface area contributed by atoms with E-state index in [-0.39, 0.29) is 11.9 Å². The Hall–Kier alpha value is -3.28. The summed E-state index contributed by atoms with van der Waals surface area (Å²) in [5.74, 6) is 0.559. The van der Waals surface area contributed by atoms with Gasteiger partial charge in [0.15, 0.2) is 0 Å². The predicted molar refractivity (Wildman–Crippen MR) is 117 cm³/mol. The van der Waals surface area contributed by atoms with Crippen LogP contribution in [0.25, 0.3) is 11.1 Å². The first-order valence-corrected chi connectivity index (χ1v) is 10.4. The van der Waals surface area contributed by atoms with Gasteiger partial charge in [-0.3, -0.25) is 4.79 Å². The molecule has 3 nitrogen and oxygen atoms in total. The van der Waals surface area contributed by atoms with Crippen LogP contribution < -0.4 is 4.74 Å². The van der Waals surface area contributed by atoms with E-state index in [0.717, 1.165) is 35.2 Å². The maximum absolute atomic E-state index is 12.8. The van der Waals surface area contributed by atoms with Gasteiger partial charge < -0.3 is 9.47 Å². The van der Waals surface area contributed by atoms with Crippen molar-refractivity contribution in [2.24, 2.45) is 0 Å². The number of esters is 1. The third kappa shape index (κ3) is 6.13. The third-order valence-electron chi connectivity index (χ3n) is 5.36. The SMILES string of the molecule is CC[C@H](CC(=O)OC)c1ccc(OCc2cccc(-c3ccc(C(F)(F)F)cc3)c2)cc1. The Kier molecular flexibility index (Phi) is 7.57. The summed E-state index contributed by atoms with van der Waals surface area (Å²) < 4.78 is 49.0. The largest absolute Gasteiger partial charge is 0.489 e. The standard InChI is InChI=1S/C26H25F3O3/c1-3-19(16-25(30)31-2)20-9-13-24(14-10-20)32-17-18-5-4-6-22(15-18)21-7-11-23(12-8-21)26(27,28)29/h4-15,19H,3,16-17H2,1-2H3/t19-/m1/s1. The van der Waals surface area contributed by atoms with Crippen LogP contribution >= 0.6 is 0 Å². The van der Waals surface area contributed by atoms with Crippen LogP contribution in [0.4, 0.5) is 13.2 Å². The lowest BCUT2D eigenvalue weighted by Gasteiger charge is -2.15. The molecule has 0 bridgehead atoms. The van der Waals surface area contributed by atoms with E-state index in [2.05, 4.69) is 0 Å². The minimum absolute atomic E-state index is 0.0944. The van der Waals surface area contributed by atoms with Crippen molar-refractivity contribution < 1.29 is 27.4 Å². The van der Waals surface area contributed by atoms with Crippen LogP contribution in [-0.4, -0.2) is 13.1 Å². The summed E-state index contributed by atoms with van der Waals surface area (Å²) in [6, 6.07) is 20.3. The molecule has 168 valence electrons. The van der Waals surface area contributed by atoms with E-state index in [4.69, 9.17) is 9.47 Å². The number of rotatable bonds is 8. The summed E-state index contributed by atoms with van der Waals surface area (Å²) in [6.07, 6.45) is -3.18. The average molecular weight is 442 g/mol. The second kappa shape index (κ2) is 10.4. The molecular weight excluding hydrogens is 417 g/mol. The second-order valence-electron chi connectivity index (χ2n) is 7.52. The number of hydrogen-bond acceptors (Lipinski definition) is 3. The van der Waals surface area contributed by atoms with Crippen LogP contribution in [0.1, 0.15) is 42.4 Å². The highest BCUT2D eigenvalue weighted by Crippen LogP contribution is 2.31. The average Bonchev–Trinajstić information content (AvgIpc) is 2.81. The molecule has 6 heteroatoms. The molecule has 0 aliphatic rings. The zero-order valence-corrected chi connectivity index (χ0v) is 18.0. The van der Waals surface area contributed by atoms with E-state index >= 15 is 0 Å². The number of benzene rings is 3. The van der Waals surface area contributed by atoms with Gasteiger partial charge in [-0.25, -0.2) is 0 Å². The van der Waals surface area contributed by atoms with Gasteiger partial charge in [-0.2, -0.15) is 13.2 Å². The molecule has 0 spiro atoms. The monoisotopic (exact) mass is 442 g/mol. The van der Waals surface area contributed by atoms with E-state index in [0.29, 0.717) is 24.3 Å². The lowest BCUT2D eigenvalue weighted by molar-refractivity contribution is -0.141. The fourth-order valence-corrected chi connectivity index (χ4v) is 3.48. The molecule has 0 aliphatic heterocycles. The molecule has 3 rings (SSSR count). The van der Waals surface area contributed by atoms with E-state index in [1.807, 2.05) is 55.5 Å². The first-order chi connectivity index (χ1) is 15.3. The highest BCUT2D eigenvalue weighted by atomic mass is 19.4. The number of carbonyl (C=O) groups is 1. The predicted octanol–water partition coefficient (Wildman–Crippen LogP) is 7.01. The fraction of sp³-hybridized carbons (Fsp3) is 0.269. The maximum Gasteiger partial charge on any atom is 0.416 e. The Labute approximate surface area is 185 Å². The minimum Gasteiger partial charge on any atom is -0.489 e. The minimum atomic E-state index is -4.35. The van der Waals surface area contributed by atoms with Gasteiger partial charge in [0, 0.05) is 0 Å². The van der Waals surface area contributed by atoms with Gasteiger partial charge in [-0.05, 0) is 64.9 Å². The summed E-state index contributed by atoms with van der Waals surface area (Å²) in [6.45, 7) is 2.36. The molecule has 32 heavy (non-hydrogen) atoms. The van der Waals surface area contributed by atoms with E-state index in [1.165, 1.54) is 19.2 Å². The molecule has 3 aromatic rings. The number of methoxy groups -OCH3 is 1. The maximum atomic E-state index is 12.8. The molecule has 0 fully saturated rings. The Bertz CT molecular complexity index is 1030. The molecular formula is C26H25F3O3. The van der Waals surface area contributed by atoms with Crippen LogP contribution in [0, 0.1) is 0 Å². The van der Waals surface area contributed by atoms with E-state index in [9.17, 15) is 18.0 Å². The highest BCUT2D eigenvalue weighted by Gasteiger charge is 2.29. The van der Waals surface area contributed by atoms with Crippen molar-refractivity contribution in [1.29, 1.82) is 0 Å². The van der Waals surface area contributed by atoms with Crippen molar-refractivity contribution in [2.45, 2.75) is 38.5 Å². The van der Waals surface area contributed by atoms with Gasteiger partial charge >= 0.3 is 12.1 Å². The topological polar surface area (TPSA) is 35.5 Å². The van der Waals surface area contributed by atoms with Crippen molar-refractivity contribution in [3.05, 3.63) is 89.5 Å². The zero-order valence-electron chi connectivity index (χ0n) is 18.0. The summed E-state index contributed by atoms with van der Waals surface area (Å²) in [5.41, 5.74) is 2.82. The molecule has 0 saturated carbocycles. The van der Waals surface area contributed by atoms with Crippen molar-refractivity contribution in [2.75, 3.05) is 7.11 Å². The molecule has 0 unspecified atom stereocenters. The van der Waals surface area contributed by atoms with Gasteiger partial charge in [-0.1, -0.05) is 49.4 Å². The van der Waals surface area contributed by atoms with Gasteiger partial charge in [0.25, 0.3) is 0 Å². The molecule has 0 saturated heterocycles.